The summed E-state index contributed by atoms with van der Waals surface area (Å²) < 4.78 is 23.8. The van der Waals surface area contributed by atoms with E-state index in [0.717, 1.165) is 10.2 Å². The highest BCUT2D eigenvalue weighted by Crippen LogP contribution is 2.52. The number of para-hydroxylation sites is 2. The summed E-state index contributed by atoms with van der Waals surface area (Å²) in [4.78, 5) is 14.1. The Labute approximate surface area is 263 Å². The average molecular weight is 654 g/mol. The monoisotopic (exact) mass is 652 g/mol. The lowest BCUT2D eigenvalue weighted by atomic mass is 9.69. The predicted molar refractivity (Wildman–Crippen MR) is 169 cm³/mol. The first-order valence-corrected chi connectivity index (χ1v) is 14.9. The second kappa shape index (κ2) is 11.3. The Morgan fingerprint density at radius 1 is 1.07 bits per heavy atom. The molecule has 1 atom stereocenters. The molecule has 0 spiro atoms. The van der Waals surface area contributed by atoms with Crippen LogP contribution in [-0.2, 0) is 4.79 Å². The van der Waals surface area contributed by atoms with E-state index in [2.05, 4.69) is 27.4 Å². The summed E-state index contributed by atoms with van der Waals surface area (Å²) in [5.74, 6) is -1.21. The predicted octanol–water partition coefficient (Wildman–Crippen LogP) is 7.64. The summed E-state index contributed by atoms with van der Waals surface area (Å²) in [5.41, 5.74) is 13.4. The van der Waals surface area contributed by atoms with Gasteiger partial charge in [0.2, 0.25) is 5.88 Å². The number of benzene rings is 3. The Balaban J connectivity index is 1.60. The van der Waals surface area contributed by atoms with Crippen molar-refractivity contribution in [2.24, 2.45) is 11.1 Å². The van der Waals surface area contributed by atoms with Gasteiger partial charge in [-0.3, -0.25) is 10.2 Å². The Bertz CT molecular complexity index is 1870. The minimum atomic E-state index is -0.888. The molecule has 0 amide bonds. The Morgan fingerprint density at radius 2 is 1.75 bits per heavy atom. The van der Waals surface area contributed by atoms with Gasteiger partial charge < -0.3 is 10.5 Å². The van der Waals surface area contributed by atoms with Crippen molar-refractivity contribution in [1.29, 1.82) is 5.26 Å². The van der Waals surface area contributed by atoms with E-state index in [1.54, 1.807) is 28.7 Å². The molecule has 0 fully saturated rings. The number of rotatable bonds is 6. The molecule has 3 aromatic carbocycles. The molecule has 1 aromatic heterocycles. The van der Waals surface area contributed by atoms with Gasteiger partial charge in [0.15, 0.2) is 17.3 Å². The Hall–Kier alpha value is -4.88. The number of ketones is 1. The highest BCUT2D eigenvalue weighted by atomic mass is 79.9. The first-order chi connectivity index (χ1) is 21.1. The third kappa shape index (κ3) is 5.24. The molecule has 1 aliphatic heterocycles. The number of nitrogens with two attached hydrogens (primary N) is 1. The zero-order valence-electron chi connectivity index (χ0n) is 24.4. The number of nitrogens with zero attached hydrogens (tertiary/aromatic N) is 4. The summed E-state index contributed by atoms with van der Waals surface area (Å²) in [6, 6.07) is 25.2. The van der Waals surface area contributed by atoms with Gasteiger partial charge in [0.1, 0.15) is 5.82 Å². The van der Waals surface area contributed by atoms with Crippen LogP contribution in [0, 0.1) is 29.5 Å². The van der Waals surface area contributed by atoms with Crippen LogP contribution in [0.2, 0.25) is 0 Å². The number of carbonyl (C=O) groups is 1. The Morgan fingerprint density at radius 3 is 2.43 bits per heavy atom. The van der Waals surface area contributed by atoms with Gasteiger partial charge in [-0.2, -0.15) is 10.4 Å². The van der Waals surface area contributed by atoms with Gasteiger partial charge in [0.25, 0.3) is 0 Å². The lowest BCUT2D eigenvalue weighted by molar-refractivity contribution is -0.118. The third-order valence-corrected chi connectivity index (χ3v) is 8.39. The lowest BCUT2D eigenvalue weighted by Crippen LogP contribution is -2.44. The van der Waals surface area contributed by atoms with Crippen LogP contribution in [0.3, 0.4) is 0 Å². The molecule has 0 saturated heterocycles. The van der Waals surface area contributed by atoms with Gasteiger partial charge in [0.05, 0.1) is 45.9 Å². The van der Waals surface area contributed by atoms with Crippen molar-refractivity contribution < 1.29 is 13.9 Å². The van der Waals surface area contributed by atoms with E-state index in [-0.39, 0.29) is 40.6 Å². The maximum Gasteiger partial charge on any atom is 0.227 e. The zero-order chi connectivity index (χ0) is 31.2. The van der Waals surface area contributed by atoms with Crippen molar-refractivity contribution in [3.05, 3.63) is 123 Å². The molecule has 0 saturated carbocycles. The SMILES string of the molecule is Cc1nn(-c2ccccc2)c(Oc2ccccc2F)c1C1C(C#N)=C(N)N(Nc2ccc(Br)cc2)C2=C1C(=O)CC(C)(C)C2. The molecule has 6 rings (SSSR count). The van der Waals surface area contributed by atoms with Gasteiger partial charge in [-0.1, -0.05) is 60.1 Å². The summed E-state index contributed by atoms with van der Waals surface area (Å²) in [7, 11) is 0. The van der Waals surface area contributed by atoms with Crippen LogP contribution < -0.4 is 15.9 Å². The van der Waals surface area contributed by atoms with Gasteiger partial charge in [0, 0.05) is 16.5 Å². The van der Waals surface area contributed by atoms with E-state index in [1.807, 2.05) is 68.4 Å². The molecule has 222 valence electrons. The fraction of sp³-hybridized carbons (Fsp3) is 0.206. The number of nitriles is 1. The van der Waals surface area contributed by atoms with Crippen molar-refractivity contribution in [3.63, 3.8) is 0 Å². The van der Waals surface area contributed by atoms with E-state index in [0.29, 0.717) is 34.6 Å². The van der Waals surface area contributed by atoms with Crippen LogP contribution in [0.4, 0.5) is 10.1 Å². The van der Waals surface area contributed by atoms with Crippen LogP contribution in [0.1, 0.15) is 43.9 Å². The highest BCUT2D eigenvalue weighted by Gasteiger charge is 2.47. The number of hydrogen-bond donors (Lipinski definition) is 2. The van der Waals surface area contributed by atoms with E-state index in [9.17, 15) is 14.4 Å². The van der Waals surface area contributed by atoms with Crippen LogP contribution in [0.25, 0.3) is 5.69 Å². The number of nitrogens with one attached hydrogen (secondary N) is 1. The summed E-state index contributed by atoms with van der Waals surface area (Å²) in [6.45, 7) is 5.86. The number of anilines is 1. The van der Waals surface area contributed by atoms with Gasteiger partial charge in [-0.05, 0) is 67.3 Å². The van der Waals surface area contributed by atoms with Crippen LogP contribution in [-0.4, -0.2) is 20.6 Å². The molecule has 4 aromatic rings. The fourth-order valence-electron chi connectivity index (χ4n) is 5.90. The van der Waals surface area contributed by atoms with Crippen LogP contribution in [0.15, 0.2) is 106 Å². The molecule has 44 heavy (non-hydrogen) atoms. The first-order valence-electron chi connectivity index (χ1n) is 14.1. The maximum absolute atomic E-state index is 15.0. The topological polar surface area (TPSA) is 109 Å². The second-order valence-electron chi connectivity index (χ2n) is 11.7. The number of aryl methyl sites for hydroxylation is 1. The van der Waals surface area contributed by atoms with Gasteiger partial charge in [-0.15, -0.1) is 0 Å². The van der Waals surface area contributed by atoms with Crippen molar-refractivity contribution in [2.45, 2.75) is 39.5 Å². The van der Waals surface area contributed by atoms with Crippen molar-refractivity contribution in [3.8, 4) is 23.4 Å². The second-order valence-corrected chi connectivity index (χ2v) is 12.6. The first kappa shape index (κ1) is 29.2. The fourth-order valence-corrected chi connectivity index (χ4v) is 6.17. The number of ether oxygens (including phenoxy) is 1. The Kier molecular flexibility index (Phi) is 7.51. The van der Waals surface area contributed by atoms with Crippen LogP contribution >= 0.6 is 15.9 Å². The highest BCUT2D eigenvalue weighted by molar-refractivity contribution is 9.10. The smallest absolute Gasteiger partial charge is 0.227 e. The average Bonchev–Trinajstić information content (AvgIpc) is 3.31. The number of Topliss-reactive ketones (excluding diaryl/α,β-unsaturated/α-hetero) is 1. The minimum Gasteiger partial charge on any atom is -0.435 e. The van der Waals surface area contributed by atoms with Gasteiger partial charge in [-0.25, -0.2) is 14.1 Å². The zero-order valence-corrected chi connectivity index (χ0v) is 26.0. The van der Waals surface area contributed by atoms with E-state index < -0.39 is 11.7 Å². The number of allylic oxidation sites excluding steroid dienone is 3. The minimum absolute atomic E-state index is 0.0130. The van der Waals surface area contributed by atoms with E-state index in [4.69, 9.17) is 15.6 Å². The molecule has 0 radical (unpaired) electrons. The molecule has 10 heteroatoms. The molecule has 0 bridgehead atoms. The molecular weight excluding hydrogens is 623 g/mol. The van der Waals surface area contributed by atoms with Crippen LogP contribution in [0.5, 0.6) is 11.6 Å². The third-order valence-electron chi connectivity index (χ3n) is 7.86. The summed E-state index contributed by atoms with van der Waals surface area (Å²) in [6.07, 6.45) is 0.797. The number of halogens is 2. The number of hydrazine groups is 1. The van der Waals surface area contributed by atoms with E-state index in [1.165, 1.54) is 12.1 Å². The largest absolute Gasteiger partial charge is 0.435 e. The van der Waals surface area contributed by atoms with Gasteiger partial charge >= 0.3 is 0 Å². The molecule has 3 N–H and O–H groups in total. The number of hydrogen-bond acceptors (Lipinski definition) is 7. The number of aromatic nitrogens is 2. The molecule has 2 aliphatic rings. The molecule has 1 aliphatic carbocycles. The normalized spacial score (nSPS) is 17.8. The molecule has 8 nitrogen and oxygen atoms in total. The van der Waals surface area contributed by atoms with E-state index >= 15 is 0 Å². The molecule has 2 heterocycles. The summed E-state index contributed by atoms with van der Waals surface area (Å²) >= 11 is 3.46. The van der Waals surface area contributed by atoms with Crippen molar-refractivity contribution >= 4 is 27.4 Å². The summed E-state index contributed by atoms with van der Waals surface area (Å²) in [5, 5.41) is 17.1. The molecular formula is C34H30BrFN6O2. The number of carbonyl (C=O) groups excluding carboxylic acids is 1. The van der Waals surface area contributed by atoms with Crippen molar-refractivity contribution in [1.82, 2.24) is 14.8 Å². The lowest BCUT2D eigenvalue weighted by Gasteiger charge is -2.43. The molecule has 1 unspecified atom stereocenters. The van der Waals surface area contributed by atoms with Crippen molar-refractivity contribution in [2.75, 3.05) is 5.43 Å². The maximum atomic E-state index is 15.0. The quantitative estimate of drug-likeness (QED) is 0.220. The standard InChI is InChI=1S/C34H30BrFN6O2/c1-20-29(33(44-28-12-8-7-11-25(28)36)41(39-20)23-9-5-4-6-10-23)30-24(19-37)32(38)42(40-22-15-13-21(35)14-16-22)26-17-34(2,3)18-27(43)31(26)30/h4-16,30,40H,17-18,38H2,1-3H3.